The average Bonchev–Trinajstić information content (AvgIpc) is 3.06. The summed E-state index contributed by atoms with van der Waals surface area (Å²) >= 11 is 0. The van der Waals surface area contributed by atoms with Gasteiger partial charge in [0, 0.05) is 39.5 Å². The van der Waals surface area contributed by atoms with Gasteiger partial charge in [0.15, 0.2) is 0 Å². The van der Waals surface area contributed by atoms with Crippen molar-refractivity contribution in [1.82, 2.24) is 18.9 Å². The Bertz CT molecular complexity index is 1090. The highest BCUT2D eigenvalue weighted by molar-refractivity contribution is 5.98. The van der Waals surface area contributed by atoms with Gasteiger partial charge in [0.1, 0.15) is 17.0 Å². The molecule has 3 aromatic heterocycles. The predicted molar refractivity (Wildman–Crippen MR) is 109 cm³/mol. The predicted octanol–water partition coefficient (Wildman–Crippen LogP) is 1.94. The zero-order valence-corrected chi connectivity index (χ0v) is 17.0. The molecule has 1 aliphatic heterocycles. The van der Waals surface area contributed by atoms with Crippen molar-refractivity contribution < 1.29 is 14.3 Å². The van der Waals surface area contributed by atoms with E-state index in [0.717, 1.165) is 0 Å². The maximum atomic E-state index is 13.4. The van der Waals surface area contributed by atoms with E-state index in [1.54, 1.807) is 36.4 Å². The molecule has 2 atom stereocenters. The van der Waals surface area contributed by atoms with Gasteiger partial charge >= 0.3 is 0 Å². The minimum atomic E-state index is -0.172. The Morgan fingerprint density at radius 3 is 2.76 bits per heavy atom. The Balaban J connectivity index is 1.84. The van der Waals surface area contributed by atoms with Gasteiger partial charge in [-0.05, 0) is 38.5 Å². The van der Waals surface area contributed by atoms with Gasteiger partial charge in [-0.15, -0.1) is 0 Å². The monoisotopic (exact) mass is 398 g/mol. The quantitative estimate of drug-likeness (QED) is 0.614. The molecule has 0 saturated carbocycles. The van der Waals surface area contributed by atoms with Crippen LogP contribution in [0.1, 0.15) is 30.8 Å². The second-order valence-corrected chi connectivity index (χ2v) is 7.58. The SMILES string of the molecule is COCCCn1c(C(=O)N2C[C@H](C)O[C@@H](C)C2)cc2c(=O)n3ccccc3nc21. The van der Waals surface area contributed by atoms with Crippen LogP contribution in [0.4, 0.5) is 0 Å². The summed E-state index contributed by atoms with van der Waals surface area (Å²) in [5.74, 6) is -0.101. The molecule has 1 aliphatic rings. The maximum absolute atomic E-state index is 13.4. The summed E-state index contributed by atoms with van der Waals surface area (Å²) < 4.78 is 14.3. The molecule has 154 valence electrons. The molecule has 1 saturated heterocycles. The standard InChI is InChI=1S/C21H26N4O4/c1-14-12-23(13-15(2)29-14)21(27)17-11-16-19(24(17)9-6-10-28-3)22-18-7-4-5-8-25(18)20(16)26/h4-5,7-8,11,14-15H,6,9-10,12-13H2,1-3H3/t14-,15-/m0/s1. The topological polar surface area (TPSA) is 78.1 Å². The van der Waals surface area contributed by atoms with E-state index in [1.165, 1.54) is 4.40 Å². The summed E-state index contributed by atoms with van der Waals surface area (Å²) in [6, 6.07) is 7.11. The van der Waals surface area contributed by atoms with Crippen molar-refractivity contribution in [2.45, 2.75) is 39.0 Å². The molecule has 4 heterocycles. The van der Waals surface area contributed by atoms with Crippen LogP contribution in [0.15, 0.2) is 35.3 Å². The van der Waals surface area contributed by atoms with E-state index < -0.39 is 0 Å². The van der Waals surface area contributed by atoms with E-state index in [1.807, 2.05) is 24.5 Å². The number of amides is 1. The van der Waals surface area contributed by atoms with Gasteiger partial charge in [0.05, 0.1) is 17.6 Å². The zero-order valence-electron chi connectivity index (χ0n) is 17.0. The Kier molecular flexibility index (Phi) is 5.38. The van der Waals surface area contributed by atoms with E-state index in [2.05, 4.69) is 4.98 Å². The smallest absolute Gasteiger partial charge is 0.270 e. The Morgan fingerprint density at radius 2 is 2.03 bits per heavy atom. The van der Waals surface area contributed by atoms with Crippen LogP contribution in [0.2, 0.25) is 0 Å². The lowest BCUT2D eigenvalue weighted by Crippen LogP contribution is -2.48. The van der Waals surface area contributed by atoms with Gasteiger partial charge in [-0.3, -0.25) is 14.0 Å². The molecule has 1 fully saturated rings. The van der Waals surface area contributed by atoms with Gasteiger partial charge in [-0.25, -0.2) is 4.98 Å². The number of nitrogens with zero attached hydrogens (tertiary/aromatic N) is 4. The van der Waals surface area contributed by atoms with Gasteiger partial charge < -0.3 is 18.9 Å². The molecular formula is C21H26N4O4. The number of morpholine rings is 1. The second-order valence-electron chi connectivity index (χ2n) is 7.58. The highest BCUT2D eigenvalue weighted by Crippen LogP contribution is 2.21. The van der Waals surface area contributed by atoms with Crippen LogP contribution < -0.4 is 5.56 Å². The first-order chi connectivity index (χ1) is 14.0. The molecule has 0 aromatic carbocycles. The number of carbonyl (C=O) groups is 1. The molecule has 0 radical (unpaired) electrons. The first kappa shape index (κ1) is 19.6. The molecule has 8 nitrogen and oxygen atoms in total. The van der Waals surface area contributed by atoms with Gasteiger partial charge in [0.25, 0.3) is 11.5 Å². The Labute approximate surface area is 168 Å². The number of fused-ring (bicyclic) bond motifs is 2. The van der Waals surface area contributed by atoms with Crippen molar-refractivity contribution in [1.29, 1.82) is 0 Å². The second kappa shape index (κ2) is 7.96. The van der Waals surface area contributed by atoms with Gasteiger partial charge in [-0.1, -0.05) is 6.07 Å². The molecule has 0 unspecified atom stereocenters. The van der Waals surface area contributed by atoms with Crippen molar-refractivity contribution >= 4 is 22.6 Å². The minimum absolute atomic E-state index is 0.0274. The molecule has 0 N–H and O–H groups in total. The summed E-state index contributed by atoms with van der Waals surface area (Å²) in [7, 11) is 1.65. The van der Waals surface area contributed by atoms with Gasteiger partial charge in [-0.2, -0.15) is 0 Å². The molecule has 3 aromatic rings. The van der Waals surface area contributed by atoms with Crippen molar-refractivity contribution in [3.8, 4) is 0 Å². The minimum Gasteiger partial charge on any atom is -0.385 e. The molecule has 8 heteroatoms. The molecule has 4 rings (SSSR count). The number of carbonyl (C=O) groups excluding carboxylic acids is 1. The third-order valence-corrected chi connectivity index (χ3v) is 5.23. The van der Waals surface area contributed by atoms with Crippen LogP contribution in [-0.4, -0.2) is 63.8 Å². The largest absolute Gasteiger partial charge is 0.385 e. The number of rotatable bonds is 5. The zero-order chi connectivity index (χ0) is 20.5. The van der Waals surface area contributed by atoms with E-state index in [0.29, 0.717) is 55.0 Å². The number of hydrogen-bond donors (Lipinski definition) is 0. The lowest BCUT2D eigenvalue weighted by molar-refractivity contribution is -0.0588. The highest BCUT2D eigenvalue weighted by atomic mass is 16.5. The molecular weight excluding hydrogens is 372 g/mol. The summed E-state index contributed by atoms with van der Waals surface area (Å²) in [6.07, 6.45) is 2.35. The fourth-order valence-corrected chi connectivity index (χ4v) is 4.03. The lowest BCUT2D eigenvalue weighted by Gasteiger charge is -2.35. The third-order valence-electron chi connectivity index (χ3n) is 5.23. The molecule has 0 spiro atoms. The van der Waals surface area contributed by atoms with Crippen LogP contribution >= 0.6 is 0 Å². The molecule has 29 heavy (non-hydrogen) atoms. The van der Waals surface area contributed by atoms with Crippen molar-refractivity contribution in [2.24, 2.45) is 0 Å². The number of methoxy groups -OCH3 is 1. The Hall–Kier alpha value is -2.71. The summed E-state index contributed by atoms with van der Waals surface area (Å²) in [5, 5.41) is 0.448. The third kappa shape index (κ3) is 3.65. The maximum Gasteiger partial charge on any atom is 0.270 e. The Morgan fingerprint density at radius 1 is 1.28 bits per heavy atom. The van der Waals surface area contributed by atoms with E-state index >= 15 is 0 Å². The fraction of sp³-hybridized carbons (Fsp3) is 0.476. The van der Waals surface area contributed by atoms with E-state index in [9.17, 15) is 9.59 Å². The number of aryl methyl sites for hydroxylation is 1. The summed E-state index contributed by atoms with van der Waals surface area (Å²) in [4.78, 5) is 32.9. The molecule has 0 aliphatic carbocycles. The number of ether oxygens (including phenoxy) is 2. The fourth-order valence-electron chi connectivity index (χ4n) is 4.03. The van der Waals surface area contributed by atoms with Crippen LogP contribution in [-0.2, 0) is 16.0 Å². The average molecular weight is 398 g/mol. The van der Waals surface area contributed by atoms with Crippen molar-refractivity contribution in [3.63, 3.8) is 0 Å². The van der Waals surface area contributed by atoms with Gasteiger partial charge in [0.2, 0.25) is 0 Å². The summed E-state index contributed by atoms with van der Waals surface area (Å²) in [6.45, 7) is 6.08. The van der Waals surface area contributed by atoms with Crippen molar-refractivity contribution in [2.75, 3.05) is 26.8 Å². The van der Waals surface area contributed by atoms with Crippen LogP contribution in [0.25, 0.3) is 16.7 Å². The summed E-state index contributed by atoms with van der Waals surface area (Å²) in [5.41, 5.74) is 1.41. The normalized spacial score (nSPS) is 19.9. The van der Waals surface area contributed by atoms with E-state index in [4.69, 9.17) is 9.47 Å². The van der Waals surface area contributed by atoms with Crippen LogP contribution in [0.3, 0.4) is 0 Å². The number of pyridine rings is 1. The lowest BCUT2D eigenvalue weighted by atomic mass is 10.2. The highest BCUT2D eigenvalue weighted by Gasteiger charge is 2.29. The van der Waals surface area contributed by atoms with E-state index in [-0.39, 0.29) is 23.7 Å². The molecule has 0 bridgehead atoms. The van der Waals surface area contributed by atoms with Crippen molar-refractivity contribution in [3.05, 3.63) is 46.5 Å². The first-order valence-corrected chi connectivity index (χ1v) is 9.94. The number of hydrogen-bond acceptors (Lipinski definition) is 5. The number of aromatic nitrogens is 3. The van der Waals surface area contributed by atoms with Crippen LogP contribution in [0, 0.1) is 0 Å². The first-order valence-electron chi connectivity index (χ1n) is 9.94. The van der Waals surface area contributed by atoms with Crippen LogP contribution in [0.5, 0.6) is 0 Å². The molecule has 1 amide bonds.